The summed E-state index contributed by atoms with van der Waals surface area (Å²) in [6.45, 7) is 3.96. The van der Waals surface area contributed by atoms with E-state index < -0.39 is 0 Å². The summed E-state index contributed by atoms with van der Waals surface area (Å²) in [5.74, 6) is 0.770. The van der Waals surface area contributed by atoms with Gasteiger partial charge in [-0.05, 0) is 12.1 Å². The number of urea groups is 1. The Hall–Kier alpha value is -2.24. The Bertz CT molecular complexity index is 456. The second-order valence-electron chi connectivity index (χ2n) is 4.58. The summed E-state index contributed by atoms with van der Waals surface area (Å²) in [4.78, 5) is 26.5. The summed E-state index contributed by atoms with van der Waals surface area (Å²) in [5.41, 5.74) is 0. The van der Waals surface area contributed by atoms with Crippen molar-refractivity contribution in [1.29, 1.82) is 0 Å². The summed E-state index contributed by atoms with van der Waals surface area (Å²) < 4.78 is 5.40. The molecule has 1 aromatic rings. The number of benzene rings is 1. The van der Waals surface area contributed by atoms with Gasteiger partial charge in [-0.3, -0.25) is 4.79 Å². The van der Waals surface area contributed by atoms with Gasteiger partial charge in [-0.1, -0.05) is 18.2 Å². The van der Waals surface area contributed by atoms with Gasteiger partial charge >= 0.3 is 6.03 Å². The van der Waals surface area contributed by atoms with Crippen molar-refractivity contribution in [1.82, 2.24) is 15.1 Å². The highest BCUT2D eigenvalue weighted by Gasteiger charge is 2.21. The molecule has 1 aromatic carbocycles. The standard InChI is InChI=1S/C14H19N3O3/c1-12(18)16-7-9-17(10-8-16)14(19)15-11-20-13-5-3-2-4-6-13/h2-6H,7-11H2,1H3,(H,15,19). The van der Waals surface area contributed by atoms with Crippen LogP contribution in [-0.4, -0.2) is 54.6 Å². The SMILES string of the molecule is CC(=O)N1CCN(C(=O)NCOc2ccccc2)CC1. The molecule has 0 spiro atoms. The molecule has 108 valence electrons. The predicted octanol–water partition coefficient (Wildman–Crippen LogP) is 0.897. The summed E-state index contributed by atoms with van der Waals surface area (Å²) in [5, 5.41) is 2.71. The molecule has 0 atom stereocenters. The van der Waals surface area contributed by atoms with Gasteiger partial charge in [0.25, 0.3) is 0 Å². The highest BCUT2D eigenvalue weighted by Crippen LogP contribution is 2.07. The Morgan fingerprint density at radius 2 is 1.70 bits per heavy atom. The van der Waals surface area contributed by atoms with Crippen molar-refractivity contribution in [3.8, 4) is 5.75 Å². The molecule has 6 nitrogen and oxygen atoms in total. The lowest BCUT2D eigenvalue weighted by molar-refractivity contribution is -0.130. The first-order chi connectivity index (χ1) is 9.66. The van der Waals surface area contributed by atoms with E-state index >= 15 is 0 Å². The van der Waals surface area contributed by atoms with E-state index in [1.54, 1.807) is 16.7 Å². The van der Waals surface area contributed by atoms with E-state index in [-0.39, 0.29) is 18.7 Å². The normalized spacial score (nSPS) is 14.8. The first-order valence-corrected chi connectivity index (χ1v) is 6.63. The molecule has 0 saturated carbocycles. The Labute approximate surface area is 118 Å². The second kappa shape index (κ2) is 6.79. The van der Waals surface area contributed by atoms with E-state index in [0.717, 1.165) is 0 Å². The molecule has 0 unspecified atom stereocenters. The largest absolute Gasteiger partial charge is 0.473 e. The van der Waals surface area contributed by atoms with Gasteiger partial charge in [0.2, 0.25) is 5.91 Å². The molecular weight excluding hydrogens is 258 g/mol. The van der Waals surface area contributed by atoms with Gasteiger partial charge < -0.3 is 19.9 Å². The molecule has 0 aliphatic carbocycles. The molecule has 0 radical (unpaired) electrons. The van der Waals surface area contributed by atoms with Crippen LogP contribution in [0.4, 0.5) is 4.79 Å². The number of hydrogen-bond donors (Lipinski definition) is 1. The Balaban J connectivity index is 1.69. The van der Waals surface area contributed by atoms with Gasteiger partial charge in [-0.25, -0.2) is 4.79 Å². The topological polar surface area (TPSA) is 61.9 Å². The van der Waals surface area contributed by atoms with Crippen molar-refractivity contribution in [3.05, 3.63) is 30.3 Å². The Morgan fingerprint density at radius 3 is 2.30 bits per heavy atom. The zero-order valence-corrected chi connectivity index (χ0v) is 11.5. The minimum absolute atomic E-state index is 0.0532. The molecule has 0 bridgehead atoms. The average Bonchev–Trinajstić information content (AvgIpc) is 2.48. The van der Waals surface area contributed by atoms with Crippen molar-refractivity contribution in [3.63, 3.8) is 0 Å². The second-order valence-corrected chi connectivity index (χ2v) is 4.58. The molecule has 1 N–H and O–H groups in total. The first-order valence-electron chi connectivity index (χ1n) is 6.63. The van der Waals surface area contributed by atoms with Crippen LogP contribution in [0.25, 0.3) is 0 Å². The number of rotatable bonds is 3. The van der Waals surface area contributed by atoms with Crippen molar-refractivity contribution < 1.29 is 14.3 Å². The lowest BCUT2D eigenvalue weighted by Crippen LogP contribution is -2.53. The highest BCUT2D eigenvalue weighted by molar-refractivity contribution is 5.76. The van der Waals surface area contributed by atoms with Crippen LogP contribution in [0.3, 0.4) is 0 Å². The molecular formula is C14H19N3O3. The number of nitrogens with zero attached hydrogens (tertiary/aromatic N) is 2. The molecule has 20 heavy (non-hydrogen) atoms. The predicted molar refractivity (Wildman–Crippen MR) is 74.3 cm³/mol. The fourth-order valence-electron chi connectivity index (χ4n) is 2.03. The lowest BCUT2D eigenvalue weighted by Gasteiger charge is -2.34. The Morgan fingerprint density at radius 1 is 1.10 bits per heavy atom. The number of nitrogens with one attached hydrogen (secondary N) is 1. The third-order valence-corrected chi connectivity index (χ3v) is 3.22. The third-order valence-electron chi connectivity index (χ3n) is 3.22. The van der Waals surface area contributed by atoms with Crippen molar-refractivity contribution in [2.24, 2.45) is 0 Å². The molecule has 1 aliphatic rings. The van der Waals surface area contributed by atoms with Crippen molar-refractivity contribution in [2.45, 2.75) is 6.92 Å². The number of para-hydroxylation sites is 1. The summed E-state index contributed by atoms with van der Waals surface area (Å²) in [6.07, 6.45) is 0. The van der Waals surface area contributed by atoms with Crippen molar-refractivity contribution in [2.75, 3.05) is 32.9 Å². The molecule has 1 heterocycles. The van der Waals surface area contributed by atoms with Crippen LogP contribution in [-0.2, 0) is 4.79 Å². The number of hydrogen-bond acceptors (Lipinski definition) is 3. The van der Waals surface area contributed by atoms with E-state index in [4.69, 9.17) is 4.74 Å². The number of amides is 3. The van der Waals surface area contributed by atoms with Gasteiger partial charge in [0.15, 0.2) is 6.73 Å². The Kier molecular flexibility index (Phi) is 4.81. The summed E-state index contributed by atoms with van der Waals surface area (Å²) in [6, 6.07) is 9.15. The summed E-state index contributed by atoms with van der Waals surface area (Å²) >= 11 is 0. The maximum Gasteiger partial charge on any atom is 0.320 e. The molecule has 3 amide bonds. The lowest BCUT2D eigenvalue weighted by atomic mass is 10.3. The highest BCUT2D eigenvalue weighted by atomic mass is 16.5. The fourth-order valence-corrected chi connectivity index (χ4v) is 2.03. The van der Waals surface area contributed by atoms with Crippen LogP contribution in [0, 0.1) is 0 Å². The van der Waals surface area contributed by atoms with Gasteiger partial charge in [0.1, 0.15) is 5.75 Å². The number of piperazine rings is 1. The molecule has 6 heteroatoms. The smallest absolute Gasteiger partial charge is 0.320 e. The van der Waals surface area contributed by atoms with Crippen LogP contribution in [0.15, 0.2) is 30.3 Å². The quantitative estimate of drug-likeness (QED) is 0.835. The van der Waals surface area contributed by atoms with Crippen LogP contribution in [0.5, 0.6) is 5.75 Å². The maximum absolute atomic E-state index is 11.9. The van der Waals surface area contributed by atoms with E-state index in [9.17, 15) is 9.59 Å². The van der Waals surface area contributed by atoms with E-state index in [1.165, 1.54) is 0 Å². The van der Waals surface area contributed by atoms with Gasteiger partial charge in [0.05, 0.1) is 0 Å². The minimum Gasteiger partial charge on any atom is -0.473 e. The van der Waals surface area contributed by atoms with Gasteiger partial charge in [0, 0.05) is 33.1 Å². The molecule has 0 aromatic heterocycles. The van der Waals surface area contributed by atoms with Gasteiger partial charge in [-0.15, -0.1) is 0 Å². The van der Waals surface area contributed by atoms with Crippen LogP contribution in [0.1, 0.15) is 6.92 Å². The van der Waals surface area contributed by atoms with E-state index in [2.05, 4.69) is 5.32 Å². The number of carbonyl (C=O) groups is 2. The zero-order chi connectivity index (χ0) is 14.4. The fraction of sp³-hybridized carbons (Fsp3) is 0.429. The third kappa shape index (κ3) is 3.88. The van der Waals surface area contributed by atoms with Crippen molar-refractivity contribution >= 4 is 11.9 Å². The van der Waals surface area contributed by atoms with Crippen LogP contribution in [0.2, 0.25) is 0 Å². The molecule has 1 saturated heterocycles. The number of ether oxygens (including phenoxy) is 1. The van der Waals surface area contributed by atoms with E-state index in [0.29, 0.717) is 31.9 Å². The van der Waals surface area contributed by atoms with Crippen LogP contribution < -0.4 is 10.1 Å². The average molecular weight is 277 g/mol. The molecule has 2 rings (SSSR count). The molecule has 1 aliphatic heterocycles. The minimum atomic E-state index is -0.163. The maximum atomic E-state index is 11.9. The zero-order valence-electron chi connectivity index (χ0n) is 11.5. The monoisotopic (exact) mass is 277 g/mol. The summed E-state index contributed by atoms with van der Waals surface area (Å²) in [7, 11) is 0. The van der Waals surface area contributed by atoms with E-state index in [1.807, 2.05) is 30.3 Å². The van der Waals surface area contributed by atoms with Crippen LogP contribution >= 0.6 is 0 Å². The number of carbonyl (C=O) groups excluding carboxylic acids is 2. The molecule has 1 fully saturated rings. The van der Waals surface area contributed by atoms with Gasteiger partial charge in [-0.2, -0.15) is 0 Å². The first kappa shape index (κ1) is 14.2.